The molecule has 2 N–H and O–H groups in total. The smallest absolute Gasteiger partial charge is 0.196 e. The Morgan fingerprint density at radius 3 is 2.28 bits per heavy atom. The van der Waals surface area contributed by atoms with Crippen LogP contribution in [0, 0.1) is 0 Å². The van der Waals surface area contributed by atoms with E-state index >= 15 is 0 Å². The van der Waals surface area contributed by atoms with Gasteiger partial charge in [0.25, 0.3) is 0 Å². The van der Waals surface area contributed by atoms with E-state index in [0.717, 1.165) is 0 Å². The third-order valence-corrected chi connectivity index (χ3v) is 1.70. The fourth-order valence-corrected chi connectivity index (χ4v) is 0.994. The van der Waals surface area contributed by atoms with Crippen LogP contribution in [0.5, 0.6) is 0 Å². The number of hydrogen-bond donors (Lipinski definition) is 1. The first kappa shape index (κ1) is 15.9. The van der Waals surface area contributed by atoms with Gasteiger partial charge in [0, 0.05) is 19.4 Å². The minimum Gasteiger partial charge on any atom is -0.381 e. The molecular weight excluding hydrogens is 228 g/mol. The molecule has 0 radical (unpaired) electrons. The summed E-state index contributed by atoms with van der Waals surface area (Å²) < 4.78 is 0. The number of amidine groups is 1. The van der Waals surface area contributed by atoms with Gasteiger partial charge in [0.05, 0.1) is 6.20 Å². The van der Waals surface area contributed by atoms with Crippen molar-refractivity contribution in [1.29, 1.82) is 0 Å². The lowest BCUT2D eigenvalue weighted by Gasteiger charge is -1.98. The zero-order valence-electron chi connectivity index (χ0n) is 11.5. The Kier molecular flexibility index (Phi) is 7.92. The summed E-state index contributed by atoms with van der Waals surface area (Å²) in [5.41, 5.74) is 6.72. The molecule has 18 heavy (non-hydrogen) atoms. The zero-order valence-corrected chi connectivity index (χ0v) is 11.5. The summed E-state index contributed by atoms with van der Waals surface area (Å²) in [6.07, 6.45) is 4.73. The summed E-state index contributed by atoms with van der Waals surface area (Å²) in [6, 6.07) is 0. The maximum absolute atomic E-state index is 5.56. The van der Waals surface area contributed by atoms with Crippen molar-refractivity contribution < 1.29 is 0 Å². The van der Waals surface area contributed by atoms with Crippen molar-refractivity contribution in [2.45, 2.75) is 27.7 Å². The van der Waals surface area contributed by atoms with Crippen molar-refractivity contribution in [1.82, 2.24) is 19.9 Å². The minimum atomic E-state index is 0.289. The number of aromatic nitrogens is 4. The Morgan fingerprint density at radius 2 is 1.67 bits per heavy atom. The van der Waals surface area contributed by atoms with E-state index in [1.165, 1.54) is 0 Å². The first-order valence-electron chi connectivity index (χ1n) is 5.97. The molecule has 0 saturated carbocycles. The molecule has 2 rings (SSSR count). The second-order valence-corrected chi connectivity index (χ2v) is 2.57. The second-order valence-electron chi connectivity index (χ2n) is 2.57. The van der Waals surface area contributed by atoms with Gasteiger partial charge in [-0.1, -0.05) is 27.7 Å². The molecule has 2 aromatic rings. The van der Waals surface area contributed by atoms with Crippen molar-refractivity contribution in [2.75, 3.05) is 7.05 Å². The van der Waals surface area contributed by atoms with E-state index in [1.807, 2.05) is 27.7 Å². The standard InChI is InChI=1S/C8H8N6.2C2H6/c1-10-6(9)8-13-4-5-7(14-8)12-3-2-11-5;2*1-2/h2-4H,1H3,(H2,9,10);2*1-2H3. The van der Waals surface area contributed by atoms with Crippen LogP contribution in [0.15, 0.2) is 23.6 Å². The van der Waals surface area contributed by atoms with Crippen molar-refractivity contribution in [2.24, 2.45) is 10.7 Å². The highest BCUT2D eigenvalue weighted by Crippen LogP contribution is 2.02. The third kappa shape index (κ3) is 4.04. The maximum Gasteiger partial charge on any atom is 0.196 e. The monoisotopic (exact) mass is 248 g/mol. The van der Waals surface area contributed by atoms with E-state index in [9.17, 15) is 0 Å². The van der Waals surface area contributed by atoms with Gasteiger partial charge in [-0.25, -0.2) is 19.9 Å². The lowest BCUT2D eigenvalue weighted by Crippen LogP contribution is -2.17. The molecule has 0 atom stereocenters. The average molecular weight is 248 g/mol. The molecular formula is C12H20N6. The summed E-state index contributed by atoms with van der Waals surface area (Å²) in [5.74, 6) is 0.665. The molecule has 0 fully saturated rings. The zero-order chi connectivity index (χ0) is 14.0. The molecule has 0 unspecified atom stereocenters. The predicted octanol–water partition coefficient (Wildman–Crippen LogP) is 1.81. The highest BCUT2D eigenvalue weighted by atomic mass is 15.0. The first-order valence-corrected chi connectivity index (χ1v) is 5.97. The SMILES string of the molecule is CC.CC.CN=C(N)c1ncc2nccnc2n1. The van der Waals surface area contributed by atoms with E-state index in [4.69, 9.17) is 5.73 Å². The van der Waals surface area contributed by atoms with Crippen molar-refractivity contribution >= 4 is 17.0 Å². The van der Waals surface area contributed by atoms with Gasteiger partial charge in [-0.15, -0.1) is 0 Å². The summed E-state index contributed by atoms with van der Waals surface area (Å²) in [5, 5.41) is 0. The van der Waals surface area contributed by atoms with Crippen LogP contribution in [0.2, 0.25) is 0 Å². The molecule has 2 heterocycles. The number of nitrogens with two attached hydrogens (primary N) is 1. The maximum atomic E-state index is 5.56. The molecule has 0 bridgehead atoms. The van der Waals surface area contributed by atoms with E-state index in [2.05, 4.69) is 24.9 Å². The largest absolute Gasteiger partial charge is 0.381 e. The second kappa shape index (κ2) is 8.98. The highest BCUT2D eigenvalue weighted by Gasteiger charge is 2.03. The molecule has 98 valence electrons. The Morgan fingerprint density at radius 1 is 1.06 bits per heavy atom. The lowest BCUT2D eigenvalue weighted by molar-refractivity contribution is 1.11. The third-order valence-electron chi connectivity index (χ3n) is 1.70. The Balaban J connectivity index is 0.000000659. The topological polar surface area (TPSA) is 89.9 Å². The molecule has 0 aromatic carbocycles. The molecule has 0 aliphatic carbocycles. The number of hydrogen-bond acceptors (Lipinski definition) is 5. The van der Waals surface area contributed by atoms with Crippen LogP contribution in [0.1, 0.15) is 33.5 Å². The Hall–Kier alpha value is -2.11. The van der Waals surface area contributed by atoms with Gasteiger partial charge < -0.3 is 5.73 Å². The molecule has 0 saturated heterocycles. The summed E-state index contributed by atoms with van der Waals surface area (Å²) in [6.45, 7) is 8.00. The van der Waals surface area contributed by atoms with Crippen LogP contribution in [0.25, 0.3) is 11.2 Å². The van der Waals surface area contributed by atoms with Crippen LogP contribution in [0.4, 0.5) is 0 Å². The minimum absolute atomic E-state index is 0.289. The van der Waals surface area contributed by atoms with Gasteiger partial charge >= 0.3 is 0 Å². The summed E-state index contributed by atoms with van der Waals surface area (Å²) in [4.78, 5) is 20.0. The van der Waals surface area contributed by atoms with Gasteiger partial charge in [0.2, 0.25) is 0 Å². The van der Waals surface area contributed by atoms with Crippen LogP contribution >= 0.6 is 0 Å². The van der Waals surface area contributed by atoms with E-state index in [-0.39, 0.29) is 5.84 Å². The van der Waals surface area contributed by atoms with E-state index < -0.39 is 0 Å². The lowest BCUT2D eigenvalue weighted by atomic mass is 10.4. The molecule has 0 spiro atoms. The molecule has 2 aromatic heterocycles. The molecule has 0 aliphatic rings. The van der Waals surface area contributed by atoms with Gasteiger partial charge in [-0.05, 0) is 0 Å². The van der Waals surface area contributed by atoms with Crippen molar-refractivity contribution in [3.8, 4) is 0 Å². The fraction of sp³-hybridized carbons (Fsp3) is 0.417. The molecule has 0 amide bonds. The summed E-state index contributed by atoms with van der Waals surface area (Å²) >= 11 is 0. The number of rotatable bonds is 1. The number of fused-ring (bicyclic) bond motifs is 1. The molecule has 6 nitrogen and oxygen atoms in total. The number of aliphatic imine (C=N–C) groups is 1. The van der Waals surface area contributed by atoms with Crippen LogP contribution in [-0.2, 0) is 0 Å². The quantitative estimate of drug-likeness (QED) is 0.614. The van der Waals surface area contributed by atoms with Crippen LogP contribution in [0.3, 0.4) is 0 Å². The van der Waals surface area contributed by atoms with Crippen LogP contribution < -0.4 is 5.73 Å². The van der Waals surface area contributed by atoms with E-state index in [1.54, 1.807) is 25.6 Å². The predicted molar refractivity (Wildman–Crippen MR) is 74.5 cm³/mol. The van der Waals surface area contributed by atoms with Gasteiger partial charge in [0.1, 0.15) is 5.52 Å². The normalized spacial score (nSPS) is 9.94. The molecule has 6 heteroatoms. The van der Waals surface area contributed by atoms with Gasteiger partial charge in [-0.2, -0.15) is 0 Å². The van der Waals surface area contributed by atoms with Gasteiger partial charge in [0.15, 0.2) is 17.3 Å². The first-order chi connectivity index (χ1) is 8.81. The average Bonchev–Trinajstić information content (AvgIpc) is 2.50. The van der Waals surface area contributed by atoms with E-state index in [0.29, 0.717) is 17.0 Å². The van der Waals surface area contributed by atoms with Gasteiger partial charge in [-0.3, -0.25) is 4.99 Å². The fourth-order valence-electron chi connectivity index (χ4n) is 0.994. The van der Waals surface area contributed by atoms with Crippen molar-refractivity contribution in [3.05, 3.63) is 24.4 Å². The number of nitrogens with zero attached hydrogens (tertiary/aromatic N) is 5. The molecule has 0 aliphatic heterocycles. The summed E-state index contributed by atoms with van der Waals surface area (Å²) in [7, 11) is 1.58. The van der Waals surface area contributed by atoms with Crippen molar-refractivity contribution in [3.63, 3.8) is 0 Å². The Labute approximate surface area is 107 Å². The Bertz CT molecular complexity index is 495. The van der Waals surface area contributed by atoms with Crippen LogP contribution in [-0.4, -0.2) is 32.8 Å². The highest BCUT2D eigenvalue weighted by molar-refractivity contribution is 5.94.